The highest BCUT2D eigenvalue weighted by Crippen LogP contribution is 2.23. The van der Waals surface area contributed by atoms with Crippen molar-refractivity contribution >= 4 is 5.69 Å². The third kappa shape index (κ3) is 3.33. The molecule has 2 aromatic rings. The average Bonchev–Trinajstić information content (AvgIpc) is 2.94. The highest BCUT2D eigenvalue weighted by molar-refractivity contribution is 5.56. The van der Waals surface area contributed by atoms with Gasteiger partial charge in [0.25, 0.3) is 0 Å². The second-order valence-corrected chi connectivity index (χ2v) is 6.32. The maximum absolute atomic E-state index is 4.24. The maximum atomic E-state index is 4.24. The first-order valence-corrected chi connectivity index (χ1v) is 8.14. The van der Waals surface area contributed by atoms with E-state index >= 15 is 0 Å². The molecule has 1 saturated heterocycles. The van der Waals surface area contributed by atoms with Gasteiger partial charge in [0, 0.05) is 51.7 Å². The molecule has 1 aliphatic heterocycles. The summed E-state index contributed by atoms with van der Waals surface area (Å²) >= 11 is 0. The van der Waals surface area contributed by atoms with E-state index in [1.165, 1.54) is 22.4 Å². The van der Waals surface area contributed by atoms with Crippen LogP contribution in [-0.4, -0.2) is 47.4 Å². The van der Waals surface area contributed by atoms with Crippen LogP contribution in [0.2, 0.25) is 0 Å². The lowest BCUT2D eigenvalue weighted by molar-refractivity contribution is 0.261. The predicted octanol–water partition coefficient (Wildman–Crippen LogP) is 2.40. The summed E-state index contributed by atoms with van der Waals surface area (Å²) in [4.78, 5) is 5.09. The van der Waals surface area contributed by atoms with E-state index in [2.05, 4.69) is 53.1 Å². The van der Waals surface area contributed by atoms with Crippen molar-refractivity contribution in [2.75, 3.05) is 37.6 Å². The van der Waals surface area contributed by atoms with Crippen LogP contribution in [0.5, 0.6) is 0 Å². The van der Waals surface area contributed by atoms with Crippen LogP contribution in [0.15, 0.2) is 30.6 Å². The van der Waals surface area contributed by atoms with Gasteiger partial charge in [-0.2, -0.15) is 5.10 Å². The van der Waals surface area contributed by atoms with E-state index in [9.17, 15) is 0 Å². The first-order chi connectivity index (χ1) is 10.6. The van der Waals surface area contributed by atoms with Crippen molar-refractivity contribution in [2.45, 2.75) is 20.3 Å². The molecule has 0 N–H and O–H groups in total. The van der Waals surface area contributed by atoms with Gasteiger partial charge in [0.1, 0.15) is 0 Å². The van der Waals surface area contributed by atoms with Gasteiger partial charge in [0.05, 0.1) is 6.20 Å². The number of nitrogens with zero attached hydrogens (tertiary/aromatic N) is 4. The van der Waals surface area contributed by atoms with Crippen LogP contribution in [0.1, 0.15) is 16.7 Å². The average molecular weight is 298 g/mol. The summed E-state index contributed by atoms with van der Waals surface area (Å²) in [5.74, 6) is 0. The minimum atomic E-state index is 1.09. The van der Waals surface area contributed by atoms with Gasteiger partial charge < -0.3 is 4.90 Å². The lowest BCUT2D eigenvalue weighted by Crippen LogP contribution is -2.47. The number of rotatable bonds is 4. The molecule has 0 aliphatic carbocycles. The first kappa shape index (κ1) is 15.1. The Morgan fingerprint density at radius 2 is 1.86 bits per heavy atom. The fourth-order valence-corrected chi connectivity index (χ4v) is 3.18. The van der Waals surface area contributed by atoms with Crippen molar-refractivity contribution < 1.29 is 0 Å². The second kappa shape index (κ2) is 6.53. The third-order valence-corrected chi connectivity index (χ3v) is 4.76. The molecule has 0 amide bonds. The summed E-state index contributed by atoms with van der Waals surface area (Å²) in [6.45, 7) is 10.1. The molecule has 22 heavy (non-hydrogen) atoms. The summed E-state index contributed by atoms with van der Waals surface area (Å²) in [6.07, 6.45) is 5.19. The molecule has 0 spiro atoms. The number of aryl methyl sites for hydroxylation is 2. The highest BCUT2D eigenvalue weighted by atomic mass is 15.3. The van der Waals surface area contributed by atoms with Crippen molar-refractivity contribution in [1.29, 1.82) is 0 Å². The molecule has 0 unspecified atom stereocenters. The number of benzene rings is 1. The van der Waals surface area contributed by atoms with Gasteiger partial charge in [-0.3, -0.25) is 9.58 Å². The Balaban J connectivity index is 1.53. The minimum absolute atomic E-state index is 1.09. The normalized spacial score (nSPS) is 16.2. The van der Waals surface area contributed by atoms with Gasteiger partial charge in [0.2, 0.25) is 0 Å². The number of aromatic nitrogens is 2. The molecule has 1 aliphatic rings. The van der Waals surface area contributed by atoms with Crippen LogP contribution in [0, 0.1) is 13.8 Å². The molecule has 0 atom stereocenters. The van der Waals surface area contributed by atoms with Crippen LogP contribution >= 0.6 is 0 Å². The van der Waals surface area contributed by atoms with E-state index in [1.807, 2.05) is 17.9 Å². The molecular weight excluding hydrogens is 272 g/mol. The quantitative estimate of drug-likeness (QED) is 0.866. The molecule has 4 heteroatoms. The Morgan fingerprint density at radius 3 is 2.55 bits per heavy atom. The molecule has 0 saturated carbocycles. The maximum Gasteiger partial charge on any atom is 0.0522 e. The molecule has 2 heterocycles. The van der Waals surface area contributed by atoms with Gasteiger partial charge in [0.15, 0.2) is 0 Å². The highest BCUT2D eigenvalue weighted by Gasteiger charge is 2.18. The fourth-order valence-electron chi connectivity index (χ4n) is 3.18. The lowest BCUT2D eigenvalue weighted by Gasteiger charge is -2.37. The van der Waals surface area contributed by atoms with Gasteiger partial charge >= 0.3 is 0 Å². The Morgan fingerprint density at radius 1 is 1.09 bits per heavy atom. The Kier molecular flexibility index (Phi) is 4.48. The van der Waals surface area contributed by atoms with Gasteiger partial charge in [-0.25, -0.2) is 0 Å². The van der Waals surface area contributed by atoms with E-state index in [-0.39, 0.29) is 0 Å². The summed E-state index contributed by atoms with van der Waals surface area (Å²) in [7, 11) is 1.98. The van der Waals surface area contributed by atoms with E-state index in [0.717, 1.165) is 39.1 Å². The zero-order valence-corrected chi connectivity index (χ0v) is 13.9. The van der Waals surface area contributed by atoms with E-state index in [0.29, 0.717) is 0 Å². The largest absolute Gasteiger partial charge is 0.369 e. The Hall–Kier alpha value is -1.81. The Labute approximate surface area is 133 Å². The molecule has 1 aromatic carbocycles. The van der Waals surface area contributed by atoms with Crippen molar-refractivity contribution in [3.8, 4) is 0 Å². The first-order valence-electron chi connectivity index (χ1n) is 8.14. The molecule has 0 bridgehead atoms. The number of hydrogen-bond acceptors (Lipinski definition) is 3. The van der Waals surface area contributed by atoms with E-state index in [4.69, 9.17) is 0 Å². The number of anilines is 1. The van der Waals surface area contributed by atoms with Gasteiger partial charge in [-0.05, 0) is 43.0 Å². The smallest absolute Gasteiger partial charge is 0.0522 e. The van der Waals surface area contributed by atoms with Gasteiger partial charge in [-0.1, -0.05) is 12.1 Å². The van der Waals surface area contributed by atoms with Crippen molar-refractivity contribution in [3.05, 3.63) is 47.3 Å². The second-order valence-electron chi connectivity index (χ2n) is 6.32. The summed E-state index contributed by atoms with van der Waals surface area (Å²) in [6, 6.07) is 6.63. The summed E-state index contributed by atoms with van der Waals surface area (Å²) in [5.41, 5.74) is 5.55. The standard InChI is InChI=1S/C18H26N4/c1-15-5-4-6-18(16(15)2)22-11-9-21(10-12-22)8-7-17-13-19-20(3)14-17/h4-6,13-14H,7-12H2,1-3H3. The molecule has 1 fully saturated rings. The van der Waals surface area contributed by atoms with Crippen molar-refractivity contribution in [2.24, 2.45) is 7.05 Å². The van der Waals surface area contributed by atoms with Crippen LogP contribution in [0.25, 0.3) is 0 Å². The van der Waals surface area contributed by atoms with Crippen LogP contribution in [-0.2, 0) is 13.5 Å². The van der Waals surface area contributed by atoms with Gasteiger partial charge in [-0.15, -0.1) is 0 Å². The number of piperazine rings is 1. The van der Waals surface area contributed by atoms with Crippen LogP contribution in [0.4, 0.5) is 5.69 Å². The zero-order valence-electron chi connectivity index (χ0n) is 13.9. The minimum Gasteiger partial charge on any atom is -0.369 e. The monoisotopic (exact) mass is 298 g/mol. The molecule has 0 radical (unpaired) electrons. The Bertz CT molecular complexity index is 624. The van der Waals surface area contributed by atoms with E-state index < -0.39 is 0 Å². The fraction of sp³-hybridized carbons (Fsp3) is 0.500. The van der Waals surface area contributed by atoms with Crippen LogP contribution < -0.4 is 4.90 Å². The summed E-state index contributed by atoms with van der Waals surface area (Å²) in [5, 5.41) is 4.24. The third-order valence-electron chi connectivity index (χ3n) is 4.76. The molecule has 1 aromatic heterocycles. The van der Waals surface area contributed by atoms with Crippen molar-refractivity contribution in [3.63, 3.8) is 0 Å². The topological polar surface area (TPSA) is 24.3 Å². The van der Waals surface area contributed by atoms with Crippen molar-refractivity contribution in [1.82, 2.24) is 14.7 Å². The number of hydrogen-bond donors (Lipinski definition) is 0. The van der Waals surface area contributed by atoms with Crippen LogP contribution in [0.3, 0.4) is 0 Å². The lowest BCUT2D eigenvalue weighted by atomic mass is 10.1. The molecule has 4 nitrogen and oxygen atoms in total. The van der Waals surface area contributed by atoms with E-state index in [1.54, 1.807) is 0 Å². The molecule has 3 rings (SSSR count). The predicted molar refractivity (Wildman–Crippen MR) is 91.5 cm³/mol. The summed E-state index contributed by atoms with van der Waals surface area (Å²) < 4.78 is 1.88. The SMILES string of the molecule is Cc1cccc(N2CCN(CCc3cnn(C)c3)CC2)c1C. The molecule has 118 valence electrons. The molecular formula is C18H26N4. The zero-order chi connectivity index (χ0) is 15.5.